The van der Waals surface area contributed by atoms with Gasteiger partial charge in [0.2, 0.25) is 6.23 Å². The van der Waals surface area contributed by atoms with Gasteiger partial charge < -0.3 is 19.1 Å². The Kier molecular flexibility index (Phi) is 6.92. The third-order valence-corrected chi connectivity index (χ3v) is 7.10. The summed E-state index contributed by atoms with van der Waals surface area (Å²) in [4.78, 5) is 37.3. The SMILES string of the molecule is CC1(C)CC(NP(=O)(OCC2OC(n3ccc(=O)[nH]c3=O)C(F)(F)C2O)Oc2ccccc2)C(=O)O1. The highest BCUT2D eigenvalue weighted by Crippen LogP contribution is 2.49. The number of aromatic nitrogens is 2. The fourth-order valence-corrected chi connectivity index (χ4v) is 5.35. The van der Waals surface area contributed by atoms with E-state index in [0.29, 0.717) is 4.57 Å². The van der Waals surface area contributed by atoms with E-state index in [1.165, 1.54) is 12.1 Å². The van der Waals surface area contributed by atoms with E-state index in [0.717, 1.165) is 12.3 Å². The first-order chi connectivity index (χ1) is 16.8. The average Bonchev–Trinajstić information content (AvgIpc) is 3.17. The number of hydrogen-bond donors (Lipinski definition) is 3. The van der Waals surface area contributed by atoms with Gasteiger partial charge in [-0.15, -0.1) is 0 Å². The van der Waals surface area contributed by atoms with Gasteiger partial charge in [0.1, 0.15) is 23.5 Å². The molecule has 1 aromatic carbocycles. The van der Waals surface area contributed by atoms with Crippen molar-refractivity contribution in [1.29, 1.82) is 0 Å². The van der Waals surface area contributed by atoms with Gasteiger partial charge in [-0.1, -0.05) is 18.2 Å². The molecular weight excluding hydrogens is 507 g/mol. The van der Waals surface area contributed by atoms with Crippen molar-refractivity contribution < 1.29 is 41.8 Å². The average molecular weight is 531 g/mol. The Hall–Kier alpha value is -2.90. The molecule has 0 saturated carbocycles. The van der Waals surface area contributed by atoms with Crippen LogP contribution in [0.2, 0.25) is 0 Å². The number of rotatable bonds is 8. The summed E-state index contributed by atoms with van der Waals surface area (Å²) < 4.78 is 64.8. The van der Waals surface area contributed by atoms with Crippen LogP contribution in [0.1, 0.15) is 26.5 Å². The number of ether oxygens (including phenoxy) is 2. The van der Waals surface area contributed by atoms with Gasteiger partial charge in [0.05, 0.1) is 6.61 Å². The van der Waals surface area contributed by atoms with Crippen LogP contribution in [-0.2, 0) is 23.4 Å². The van der Waals surface area contributed by atoms with Gasteiger partial charge in [-0.3, -0.25) is 23.7 Å². The van der Waals surface area contributed by atoms with Crippen molar-refractivity contribution in [1.82, 2.24) is 14.6 Å². The van der Waals surface area contributed by atoms with Crippen LogP contribution in [0, 0.1) is 0 Å². The topological polar surface area (TPSA) is 158 Å². The number of cyclic esters (lactones) is 1. The molecule has 5 unspecified atom stereocenters. The fraction of sp³-hybridized carbons (Fsp3) is 0.476. The number of esters is 1. The van der Waals surface area contributed by atoms with Crippen molar-refractivity contribution in [2.45, 2.75) is 56.3 Å². The first kappa shape index (κ1) is 26.2. The molecular formula is C21H24F2N3O9P. The molecule has 196 valence electrons. The van der Waals surface area contributed by atoms with E-state index < -0.39 is 67.6 Å². The van der Waals surface area contributed by atoms with E-state index >= 15 is 0 Å². The lowest BCUT2D eigenvalue weighted by Gasteiger charge is -2.24. The predicted octanol–water partition coefficient (Wildman–Crippen LogP) is 1.32. The van der Waals surface area contributed by atoms with E-state index in [-0.39, 0.29) is 12.2 Å². The summed E-state index contributed by atoms with van der Waals surface area (Å²) in [6, 6.07) is 7.52. The number of carbonyl (C=O) groups excluding carboxylic acids is 1. The molecule has 4 rings (SSSR count). The van der Waals surface area contributed by atoms with Gasteiger partial charge in [-0.2, -0.15) is 13.9 Å². The summed E-state index contributed by atoms with van der Waals surface area (Å²) >= 11 is 0. The molecule has 0 aliphatic carbocycles. The van der Waals surface area contributed by atoms with E-state index in [1.807, 2.05) is 4.98 Å². The van der Waals surface area contributed by atoms with E-state index in [1.54, 1.807) is 32.0 Å². The van der Waals surface area contributed by atoms with Crippen LogP contribution < -0.4 is 20.9 Å². The quantitative estimate of drug-likeness (QED) is 0.335. The van der Waals surface area contributed by atoms with Crippen LogP contribution in [0.25, 0.3) is 0 Å². The number of carbonyl (C=O) groups is 1. The van der Waals surface area contributed by atoms with E-state index in [2.05, 4.69) is 5.09 Å². The third kappa shape index (κ3) is 5.42. The molecule has 2 saturated heterocycles. The maximum Gasteiger partial charge on any atom is 0.459 e. The molecule has 5 atom stereocenters. The van der Waals surface area contributed by atoms with Crippen LogP contribution in [0.3, 0.4) is 0 Å². The maximum atomic E-state index is 14.8. The molecule has 15 heteroatoms. The number of H-pyrrole nitrogens is 1. The highest BCUT2D eigenvalue weighted by atomic mass is 31.2. The Balaban J connectivity index is 1.54. The number of benzene rings is 1. The first-order valence-electron chi connectivity index (χ1n) is 10.8. The molecule has 12 nitrogen and oxygen atoms in total. The number of alkyl halides is 2. The number of aliphatic hydroxyl groups is 1. The molecule has 0 radical (unpaired) electrons. The molecule has 2 aliphatic heterocycles. The maximum absolute atomic E-state index is 14.8. The summed E-state index contributed by atoms with van der Waals surface area (Å²) in [5.74, 6) is -4.59. The number of halogens is 2. The van der Waals surface area contributed by atoms with Gasteiger partial charge in [-0.05, 0) is 26.0 Å². The second-order valence-corrected chi connectivity index (χ2v) is 10.6. The van der Waals surface area contributed by atoms with Crippen molar-refractivity contribution in [2.75, 3.05) is 6.61 Å². The largest absolute Gasteiger partial charge is 0.459 e. The Morgan fingerprint density at radius 2 is 1.92 bits per heavy atom. The van der Waals surface area contributed by atoms with Gasteiger partial charge in [0.15, 0.2) is 6.10 Å². The highest BCUT2D eigenvalue weighted by Gasteiger charge is 2.60. The van der Waals surface area contributed by atoms with E-state index in [9.17, 15) is 32.8 Å². The van der Waals surface area contributed by atoms with Crippen molar-refractivity contribution in [3.63, 3.8) is 0 Å². The second-order valence-electron chi connectivity index (χ2n) is 8.93. The minimum absolute atomic E-state index is 0.0924. The Morgan fingerprint density at radius 1 is 1.22 bits per heavy atom. The Bertz CT molecular complexity index is 1280. The van der Waals surface area contributed by atoms with Crippen LogP contribution >= 0.6 is 7.75 Å². The molecule has 2 aliphatic rings. The molecule has 36 heavy (non-hydrogen) atoms. The summed E-state index contributed by atoms with van der Waals surface area (Å²) in [6.45, 7) is 2.44. The van der Waals surface area contributed by atoms with Crippen molar-refractivity contribution >= 4 is 13.7 Å². The van der Waals surface area contributed by atoms with Crippen molar-refractivity contribution in [3.05, 3.63) is 63.4 Å². The zero-order valence-electron chi connectivity index (χ0n) is 19.1. The first-order valence-corrected chi connectivity index (χ1v) is 12.4. The van der Waals surface area contributed by atoms with Crippen LogP contribution in [0.5, 0.6) is 5.75 Å². The Labute approximate surface area is 202 Å². The standard InChI is InChI=1S/C21H24F2N3O9P/c1-20(2)10-13(17(29)34-20)25-36(31,35-12-6-4-3-5-7-12)32-11-14-16(28)21(22,23)18(33-14)26-9-8-15(27)24-19(26)30/h3-9,13-14,16,18,28H,10-11H2,1-2H3,(H,25,31)(H,24,27,30). The van der Waals surface area contributed by atoms with Crippen molar-refractivity contribution in [3.8, 4) is 5.75 Å². The van der Waals surface area contributed by atoms with Crippen LogP contribution in [-0.4, -0.2) is 57.0 Å². The van der Waals surface area contributed by atoms with Crippen molar-refractivity contribution in [2.24, 2.45) is 0 Å². The smallest absolute Gasteiger partial charge is 0.458 e. The van der Waals surface area contributed by atoms with Gasteiger partial charge in [0, 0.05) is 18.7 Å². The summed E-state index contributed by atoms with van der Waals surface area (Å²) in [5, 5.41) is 12.7. The lowest BCUT2D eigenvalue weighted by molar-refractivity contribution is -0.147. The number of nitrogens with zero attached hydrogens (tertiary/aromatic N) is 1. The summed E-state index contributed by atoms with van der Waals surface area (Å²) in [7, 11) is -4.42. The summed E-state index contributed by atoms with van der Waals surface area (Å²) in [5.41, 5.74) is -2.84. The predicted molar refractivity (Wildman–Crippen MR) is 119 cm³/mol. The number of hydrogen-bond acceptors (Lipinski definition) is 9. The Morgan fingerprint density at radius 3 is 2.53 bits per heavy atom. The molecule has 2 fully saturated rings. The lowest BCUT2D eigenvalue weighted by Crippen LogP contribution is -2.43. The highest BCUT2D eigenvalue weighted by molar-refractivity contribution is 7.52. The molecule has 1 aromatic heterocycles. The van der Waals surface area contributed by atoms with Crippen LogP contribution in [0.15, 0.2) is 52.2 Å². The number of para-hydroxylation sites is 1. The normalized spacial score (nSPS) is 28.4. The number of nitrogens with one attached hydrogen (secondary N) is 2. The number of aliphatic hydroxyl groups excluding tert-OH is 1. The lowest BCUT2D eigenvalue weighted by atomic mass is 10.0. The molecule has 0 spiro atoms. The molecule has 0 amide bonds. The molecule has 0 bridgehead atoms. The molecule has 3 N–H and O–H groups in total. The second kappa shape index (κ2) is 9.52. The zero-order chi connectivity index (χ0) is 26.3. The third-order valence-electron chi connectivity index (χ3n) is 5.53. The minimum Gasteiger partial charge on any atom is -0.458 e. The van der Waals surface area contributed by atoms with Gasteiger partial charge in [0.25, 0.3) is 5.56 Å². The minimum atomic E-state index is -4.42. The van der Waals surface area contributed by atoms with Gasteiger partial charge in [-0.25, -0.2) is 9.36 Å². The zero-order valence-corrected chi connectivity index (χ0v) is 20.0. The monoisotopic (exact) mass is 531 g/mol. The van der Waals surface area contributed by atoms with E-state index in [4.69, 9.17) is 18.5 Å². The molecule has 3 heterocycles. The number of aromatic amines is 1. The van der Waals surface area contributed by atoms with Gasteiger partial charge >= 0.3 is 25.3 Å². The summed E-state index contributed by atoms with van der Waals surface area (Å²) in [6.07, 6.45) is -5.59. The van der Waals surface area contributed by atoms with Crippen LogP contribution in [0.4, 0.5) is 8.78 Å². The molecule has 2 aromatic rings. The fourth-order valence-electron chi connectivity index (χ4n) is 3.85.